The standard InChI is InChI=1S/C20H15N3.C12H6F4N.Ir/c1-4-10-17(11-5-1)20-21-23(19-14-8-3-9-15-19)16-22(20)18-12-6-2-7-13-18;13-10-4-1-8(2-5-10)11-6-3-9(7-17-11)12(14,15)16;/h1-14,16H;1,3-7H;/q-2;-1;+3. The largest absolute Gasteiger partial charge is 3.00 e. The van der Waals surface area contributed by atoms with E-state index in [2.05, 4.69) is 46.3 Å². The van der Waals surface area contributed by atoms with Crippen LogP contribution in [-0.2, 0) is 26.3 Å². The van der Waals surface area contributed by atoms with Gasteiger partial charge in [-0.15, -0.1) is 42.6 Å². The number of halogens is 4. The van der Waals surface area contributed by atoms with Crippen LogP contribution < -0.4 is 9.91 Å². The molecular weight excluding hydrogens is 709 g/mol. The van der Waals surface area contributed by atoms with Crippen molar-refractivity contribution < 1.29 is 37.7 Å². The summed E-state index contributed by atoms with van der Waals surface area (Å²) >= 11 is 0. The molecular formula is C32H21F4IrN4. The molecule has 6 rings (SSSR count). The van der Waals surface area contributed by atoms with Crippen molar-refractivity contribution in [1.29, 1.82) is 0 Å². The van der Waals surface area contributed by atoms with Gasteiger partial charge in [0, 0.05) is 23.3 Å². The van der Waals surface area contributed by atoms with E-state index in [1.54, 1.807) is 0 Å². The molecule has 0 saturated carbocycles. The van der Waals surface area contributed by atoms with E-state index in [4.69, 9.17) is 5.10 Å². The summed E-state index contributed by atoms with van der Waals surface area (Å²) in [7, 11) is 0. The number of pyridine rings is 1. The first-order valence-electron chi connectivity index (χ1n) is 12.2. The number of amidine groups is 1. The Bertz CT molecular complexity index is 1550. The zero-order valence-electron chi connectivity index (χ0n) is 21.3. The van der Waals surface area contributed by atoms with E-state index in [9.17, 15) is 17.6 Å². The number of aromatic nitrogens is 1. The van der Waals surface area contributed by atoms with Gasteiger partial charge in [-0.2, -0.15) is 42.5 Å². The maximum atomic E-state index is 12.6. The van der Waals surface area contributed by atoms with Crippen LogP contribution in [0.15, 0.2) is 127 Å². The van der Waals surface area contributed by atoms with E-state index < -0.39 is 17.6 Å². The van der Waals surface area contributed by atoms with E-state index in [0.29, 0.717) is 11.3 Å². The summed E-state index contributed by atoms with van der Waals surface area (Å²) in [5.74, 6) is 0.440. The fourth-order valence-corrected chi connectivity index (χ4v) is 3.83. The molecule has 0 fully saturated rings. The van der Waals surface area contributed by atoms with Gasteiger partial charge in [0.15, 0.2) is 0 Å². The molecule has 9 heteroatoms. The second kappa shape index (κ2) is 13.4. The Balaban J connectivity index is 0.000000193. The van der Waals surface area contributed by atoms with Gasteiger partial charge in [0.2, 0.25) is 0 Å². The molecule has 0 amide bonds. The summed E-state index contributed by atoms with van der Waals surface area (Å²) in [4.78, 5) is 5.76. The van der Waals surface area contributed by atoms with Crippen LogP contribution in [0.25, 0.3) is 11.3 Å². The van der Waals surface area contributed by atoms with E-state index in [-0.39, 0.29) is 20.1 Å². The van der Waals surface area contributed by atoms with Crippen LogP contribution in [0.1, 0.15) is 11.1 Å². The molecule has 1 aliphatic heterocycles. The van der Waals surface area contributed by atoms with Gasteiger partial charge in [-0.1, -0.05) is 66.4 Å². The van der Waals surface area contributed by atoms with Crippen LogP contribution >= 0.6 is 0 Å². The first-order valence-corrected chi connectivity index (χ1v) is 12.2. The number of anilines is 2. The molecule has 206 valence electrons. The zero-order chi connectivity index (χ0) is 28.0. The predicted molar refractivity (Wildman–Crippen MR) is 147 cm³/mol. The smallest absolute Gasteiger partial charge is 0.456 e. The summed E-state index contributed by atoms with van der Waals surface area (Å²) in [5.41, 5.74) is 3.01. The van der Waals surface area contributed by atoms with E-state index in [1.165, 1.54) is 18.2 Å². The quantitative estimate of drug-likeness (QED) is 0.139. The van der Waals surface area contributed by atoms with Crippen molar-refractivity contribution in [2.75, 3.05) is 9.91 Å². The minimum atomic E-state index is -4.40. The molecule has 0 radical (unpaired) electrons. The molecule has 0 aliphatic carbocycles. The molecule has 2 heterocycles. The molecule has 1 aliphatic rings. The molecule has 4 nitrogen and oxygen atoms in total. The van der Waals surface area contributed by atoms with Gasteiger partial charge in [0.25, 0.3) is 0 Å². The van der Waals surface area contributed by atoms with Crippen molar-refractivity contribution in [1.82, 2.24) is 4.98 Å². The molecule has 1 aromatic heterocycles. The van der Waals surface area contributed by atoms with E-state index in [0.717, 1.165) is 41.1 Å². The first kappa shape index (κ1) is 29.6. The van der Waals surface area contributed by atoms with Gasteiger partial charge in [-0.25, -0.2) is 0 Å². The summed E-state index contributed by atoms with van der Waals surface area (Å²) < 4.78 is 49.5. The van der Waals surface area contributed by atoms with Gasteiger partial charge in [0.1, 0.15) is 5.84 Å². The van der Waals surface area contributed by atoms with Gasteiger partial charge < -0.3 is 14.9 Å². The molecule has 0 spiro atoms. The van der Waals surface area contributed by atoms with Crippen LogP contribution in [0.4, 0.5) is 28.9 Å². The van der Waals surface area contributed by atoms with Crippen molar-refractivity contribution >= 4 is 17.2 Å². The van der Waals surface area contributed by atoms with Crippen LogP contribution in [0.2, 0.25) is 0 Å². The van der Waals surface area contributed by atoms with Crippen molar-refractivity contribution in [3.63, 3.8) is 0 Å². The Kier molecular flexibility index (Phi) is 9.65. The number of alkyl halides is 3. The number of hydrogen-bond donors (Lipinski definition) is 0. The number of hydrazone groups is 1. The number of hydrogen-bond acceptors (Lipinski definition) is 4. The Labute approximate surface area is 248 Å². The van der Waals surface area contributed by atoms with E-state index >= 15 is 0 Å². The van der Waals surface area contributed by atoms with Gasteiger partial charge in [0.05, 0.1) is 5.56 Å². The Hall–Kier alpha value is -4.33. The third-order valence-corrected chi connectivity index (χ3v) is 5.80. The second-order valence-electron chi connectivity index (χ2n) is 8.55. The molecule has 0 N–H and O–H groups in total. The summed E-state index contributed by atoms with van der Waals surface area (Å²) in [6.45, 7) is 1.99. The van der Waals surface area contributed by atoms with Crippen molar-refractivity contribution in [2.24, 2.45) is 5.10 Å². The third-order valence-electron chi connectivity index (χ3n) is 5.80. The van der Waals surface area contributed by atoms with Crippen LogP contribution in [0, 0.1) is 24.6 Å². The average molecular weight is 730 g/mol. The summed E-state index contributed by atoms with van der Waals surface area (Å²) in [6.07, 6.45) is -3.66. The van der Waals surface area contributed by atoms with Gasteiger partial charge in [-0.3, -0.25) is 4.39 Å². The van der Waals surface area contributed by atoms with Gasteiger partial charge in [-0.05, 0) is 17.8 Å². The Morgan fingerprint density at radius 1 is 0.756 bits per heavy atom. The molecule has 0 saturated heterocycles. The fraction of sp³-hybridized carbons (Fsp3) is 0.0312. The molecule has 4 aromatic carbocycles. The SMILES string of the molecule is Fc1c[c-]c(-c2ccc(C(F)(F)F)cn2)cc1.[Ir+3].[c-]1ccccc1N1[CH-]N(c2ccccc2)C(c2ccccc2)=N1. The maximum Gasteiger partial charge on any atom is 3.00 e. The Morgan fingerprint density at radius 2 is 1.46 bits per heavy atom. The van der Waals surface area contributed by atoms with Crippen LogP contribution in [0.3, 0.4) is 0 Å². The molecule has 5 aromatic rings. The summed E-state index contributed by atoms with van der Waals surface area (Å²) in [6, 6.07) is 40.0. The molecule has 41 heavy (non-hydrogen) atoms. The number of para-hydroxylation sites is 2. The third kappa shape index (κ3) is 7.45. The Morgan fingerprint density at radius 3 is 2.05 bits per heavy atom. The average Bonchev–Trinajstić information content (AvgIpc) is 3.45. The van der Waals surface area contributed by atoms with Crippen LogP contribution in [-0.4, -0.2) is 10.8 Å². The van der Waals surface area contributed by atoms with Crippen LogP contribution in [0.5, 0.6) is 0 Å². The maximum absolute atomic E-state index is 12.6. The normalized spacial score (nSPS) is 12.6. The fourth-order valence-electron chi connectivity index (χ4n) is 3.83. The zero-order valence-corrected chi connectivity index (χ0v) is 23.7. The van der Waals surface area contributed by atoms with Crippen molar-refractivity contribution in [3.8, 4) is 11.3 Å². The van der Waals surface area contributed by atoms with Gasteiger partial charge >= 0.3 is 26.3 Å². The molecule has 0 unspecified atom stereocenters. The minimum Gasteiger partial charge on any atom is -0.456 e. The number of nitrogens with zero attached hydrogens (tertiary/aromatic N) is 4. The van der Waals surface area contributed by atoms with Crippen molar-refractivity contribution in [3.05, 3.63) is 157 Å². The minimum absolute atomic E-state index is 0. The first-order chi connectivity index (χ1) is 19.4. The van der Waals surface area contributed by atoms with E-state index in [1.807, 2.05) is 72.3 Å². The number of rotatable bonds is 4. The number of benzene rings is 4. The predicted octanol–water partition coefficient (Wildman–Crippen LogP) is 8.00. The monoisotopic (exact) mass is 730 g/mol. The molecule has 0 bridgehead atoms. The topological polar surface area (TPSA) is 31.7 Å². The summed E-state index contributed by atoms with van der Waals surface area (Å²) in [5, 5.41) is 6.63. The van der Waals surface area contributed by atoms with Crippen molar-refractivity contribution in [2.45, 2.75) is 6.18 Å². The second-order valence-corrected chi connectivity index (χ2v) is 8.55. The molecule has 0 atom stereocenters.